The molecular formula is C10H20NO. The lowest BCUT2D eigenvalue weighted by atomic mass is 9.94. The van der Waals surface area contributed by atoms with Gasteiger partial charge in [0.25, 0.3) is 0 Å². The average Bonchev–Trinajstić information content (AvgIpc) is 2.02. The third-order valence-corrected chi connectivity index (χ3v) is 2.17. The normalized spacial score (nSPS) is 18.3. The monoisotopic (exact) mass is 170 g/mol. The SMILES string of the molecule is [CH]=CCC(C)(CC)NC[C@@H](C)O. The fraction of sp³-hybridized carbons (Fsp3) is 0.800. The number of nitrogens with one attached hydrogen (secondary N) is 1. The van der Waals surface area contributed by atoms with Crippen molar-refractivity contribution in [1.82, 2.24) is 5.32 Å². The van der Waals surface area contributed by atoms with E-state index in [-0.39, 0.29) is 11.6 Å². The highest BCUT2D eigenvalue weighted by Gasteiger charge is 2.19. The third kappa shape index (κ3) is 4.52. The van der Waals surface area contributed by atoms with Crippen LogP contribution < -0.4 is 5.32 Å². The first kappa shape index (κ1) is 11.7. The van der Waals surface area contributed by atoms with E-state index in [9.17, 15) is 0 Å². The molecule has 0 spiro atoms. The molecule has 2 N–H and O–H groups in total. The lowest BCUT2D eigenvalue weighted by Crippen LogP contribution is -2.44. The number of aliphatic hydroxyl groups excluding tert-OH is 1. The first-order valence-electron chi connectivity index (χ1n) is 4.50. The van der Waals surface area contributed by atoms with Gasteiger partial charge < -0.3 is 10.4 Å². The Kier molecular flexibility index (Phi) is 5.18. The molecule has 1 radical (unpaired) electrons. The maximum atomic E-state index is 9.08. The molecule has 0 aliphatic carbocycles. The smallest absolute Gasteiger partial charge is 0.0636 e. The summed E-state index contributed by atoms with van der Waals surface area (Å²) in [6.45, 7) is 12.0. The van der Waals surface area contributed by atoms with Gasteiger partial charge in [-0.2, -0.15) is 0 Å². The molecule has 0 aromatic carbocycles. The summed E-state index contributed by atoms with van der Waals surface area (Å²) in [5.74, 6) is 0. The largest absolute Gasteiger partial charge is 0.392 e. The van der Waals surface area contributed by atoms with Gasteiger partial charge in [-0.15, -0.1) is 0 Å². The molecule has 71 valence electrons. The Bertz CT molecular complexity index is 134. The van der Waals surface area contributed by atoms with Crippen LogP contribution in [-0.2, 0) is 0 Å². The van der Waals surface area contributed by atoms with E-state index in [1.165, 1.54) is 0 Å². The van der Waals surface area contributed by atoms with Gasteiger partial charge in [-0.05, 0) is 26.7 Å². The first-order valence-corrected chi connectivity index (χ1v) is 4.50. The van der Waals surface area contributed by atoms with Crippen molar-refractivity contribution in [2.24, 2.45) is 0 Å². The Labute approximate surface area is 75.7 Å². The Hall–Kier alpha value is -0.340. The van der Waals surface area contributed by atoms with E-state index in [1.807, 2.05) is 0 Å². The van der Waals surface area contributed by atoms with E-state index in [0.29, 0.717) is 6.54 Å². The van der Waals surface area contributed by atoms with Crippen LogP contribution in [-0.4, -0.2) is 23.3 Å². The molecule has 12 heavy (non-hydrogen) atoms. The predicted octanol–water partition coefficient (Wildman–Crippen LogP) is 1.50. The van der Waals surface area contributed by atoms with E-state index in [4.69, 9.17) is 11.7 Å². The molecule has 0 fully saturated rings. The van der Waals surface area contributed by atoms with Crippen molar-refractivity contribution < 1.29 is 5.11 Å². The molecule has 0 amide bonds. The summed E-state index contributed by atoms with van der Waals surface area (Å²) >= 11 is 0. The van der Waals surface area contributed by atoms with Crippen LogP contribution in [0, 0.1) is 6.58 Å². The molecule has 0 saturated carbocycles. The van der Waals surface area contributed by atoms with E-state index >= 15 is 0 Å². The van der Waals surface area contributed by atoms with E-state index in [0.717, 1.165) is 12.8 Å². The zero-order valence-corrected chi connectivity index (χ0v) is 8.30. The minimum absolute atomic E-state index is 0.0335. The Balaban J connectivity index is 3.86. The number of rotatable bonds is 6. The number of hydrogen-bond acceptors (Lipinski definition) is 2. The minimum Gasteiger partial charge on any atom is -0.392 e. The molecule has 2 heteroatoms. The summed E-state index contributed by atoms with van der Waals surface area (Å²) in [4.78, 5) is 0. The highest BCUT2D eigenvalue weighted by Crippen LogP contribution is 2.14. The van der Waals surface area contributed by atoms with Crippen molar-refractivity contribution in [3.8, 4) is 0 Å². The van der Waals surface area contributed by atoms with Crippen molar-refractivity contribution in [3.63, 3.8) is 0 Å². The quantitative estimate of drug-likeness (QED) is 0.633. The summed E-state index contributed by atoms with van der Waals surface area (Å²) in [6.07, 6.45) is 3.20. The molecule has 0 aliphatic heterocycles. The van der Waals surface area contributed by atoms with Crippen molar-refractivity contribution >= 4 is 0 Å². The van der Waals surface area contributed by atoms with Gasteiger partial charge in [-0.25, -0.2) is 0 Å². The number of β-amino-alcohol motifs (C(OH)–C–C–N with tert-alkyl or cyclic N) is 1. The predicted molar refractivity (Wildman–Crippen MR) is 51.9 cm³/mol. The number of aliphatic hydroxyl groups is 1. The van der Waals surface area contributed by atoms with Crippen LogP contribution in [0.25, 0.3) is 0 Å². The van der Waals surface area contributed by atoms with Crippen LogP contribution in [0.1, 0.15) is 33.6 Å². The molecule has 0 aromatic heterocycles. The summed E-state index contributed by atoms with van der Waals surface area (Å²) in [5, 5.41) is 12.4. The highest BCUT2D eigenvalue weighted by atomic mass is 16.3. The minimum atomic E-state index is -0.298. The van der Waals surface area contributed by atoms with Crippen LogP contribution in [0.3, 0.4) is 0 Å². The third-order valence-electron chi connectivity index (χ3n) is 2.17. The molecule has 0 aromatic rings. The topological polar surface area (TPSA) is 32.3 Å². The first-order chi connectivity index (χ1) is 5.54. The summed E-state index contributed by atoms with van der Waals surface area (Å²) in [5.41, 5.74) is 0.0335. The van der Waals surface area contributed by atoms with Crippen LogP contribution in [0.4, 0.5) is 0 Å². The van der Waals surface area contributed by atoms with Gasteiger partial charge in [0.05, 0.1) is 6.10 Å². The zero-order valence-electron chi connectivity index (χ0n) is 8.30. The van der Waals surface area contributed by atoms with Gasteiger partial charge in [-0.1, -0.05) is 19.6 Å². The van der Waals surface area contributed by atoms with Crippen LogP contribution >= 0.6 is 0 Å². The molecule has 0 aliphatic rings. The molecule has 0 bridgehead atoms. The maximum absolute atomic E-state index is 9.08. The zero-order chi connectivity index (χ0) is 9.61. The maximum Gasteiger partial charge on any atom is 0.0636 e. The second-order valence-corrected chi connectivity index (χ2v) is 3.58. The van der Waals surface area contributed by atoms with E-state index in [2.05, 4.69) is 19.2 Å². The second-order valence-electron chi connectivity index (χ2n) is 3.58. The standard InChI is InChI=1S/C10H20NO/c1-5-7-10(4,6-2)11-8-9(3)12/h1,5,9,11-12H,6-8H2,2-4H3/t9-,10?/m1/s1. The summed E-state index contributed by atoms with van der Waals surface area (Å²) in [7, 11) is 0. The van der Waals surface area contributed by atoms with Crippen molar-refractivity contribution in [1.29, 1.82) is 0 Å². The fourth-order valence-corrected chi connectivity index (χ4v) is 0.996. The van der Waals surface area contributed by atoms with Crippen LogP contribution in [0.5, 0.6) is 0 Å². The molecular weight excluding hydrogens is 150 g/mol. The average molecular weight is 170 g/mol. The van der Waals surface area contributed by atoms with E-state index < -0.39 is 0 Å². The van der Waals surface area contributed by atoms with Gasteiger partial charge in [0.1, 0.15) is 0 Å². The van der Waals surface area contributed by atoms with Crippen molar-refractivity contribution in [2.75, 3.05) is 6.54 Å². The molecule has 0 heterocycles. The molecule has 0 saturated heterocycles. The van der Waals surface area contributed by atoms with Crippen LogP contribution in [0.2, 0.25) is 0 Å². The molecule has 1 unspecified atom stereocenters. The van der Waals surface area contributed by atoms with Crippen LogP contribution in [0.15, 0.2) is 6.08 Å². The lowest BCUT2D eigenvalue weighted by molar-refractivity contribution is 0.172. The van der Waals surface area contributed by atoms with Crippen molar-refractivity contribution in [2.45, 2.75) is 45.3 Å². The van der Waals surface area contributed by atoms with Crippen molar-refractivity contribution in [3.05, 3.63) is 12.7 Å². The Morgan fingerprint density at radius 2 is 2.25 bits per heavy atom. The molecule has 2 nitrogen and oxygen atoms in total. The Morgan fingerprint density at radius 1 is 1.67 bits per heavy atom. The summed E-state index contributed by atoms with van der Waals surface area (Å²) < 4.78 is 0. The summed E-state index contributed by atoms with van der Waals surface area (Å²) in [6, 6.07) is 0. The molecule has 2 atom stereocenters. The fourth-order valence-electron chi connectivity index (χ4n) is 0.996. The highest BCUT2D eigenvalue weighted by molar-refractivity contribution is 4.88. The molecule has 0 rings (SSSR count). The second kappa shape index (κ2) is 5.33. The van der Waals surface area contributed by atoms with Gasteiger partial charge in [0.2, 0.25) is 0 Å². The van der Waals surface area contributed by atoms with Gasteiger partial charge in [0.15, 0.2) is 0 Å². The van der Waals surface area contributed by atoms with Gasteiger partial charge in [0, 0.05) is 12.1 Å². The number of hydrogen-bond donors (Lipinski definition) is 2. The lowest BCUT2D eigenvalue weighted by Gasteiger charge is -2.29. The van der Waals surface area contributed by atoms with Gasteiger partial charge >= 0.3 is 0 Å². The Morgan fingerprint density at radius 3 is 2.58 bits per heavy atom. The van der Waals surface area contributed by atoms with E-state index in [1.54, 1.807) is 13.0 Å². The van der Waals surface area contributed by atoms with Gasteiger partial charge in [-0.3, -0.25) is 0 Å².